The van der Waals surface area contributed by atoms with Crippen molar-refractivity contribution in [2.45, 2.75) is 13.1 Å². The molecule has 0 aliphatic carbocycles. The summed E-state index contributed by atoms with van der Waals surface area (Å²) in [5.41, 5.74) is 9.38. The third-order valence-corrected chi connectivity index (χ3v) is 3.03. The second-order valence-electron chi connectivity index (χ2n) is 4.47. The minimum atomic E-state index is 0.553. The van der Waals surface area contributed by atoms with Gasteiger partial charge in [0.15, 0.2) is 5.65 Å². The molecule has 5 heteroatoms. The molecule has 3 N–H and O–H groups in total. The van der Waals surface area contributed by atoms with E-state index in [1.807, 2.05) is 24.3 Å². The zero-order valence-corrected chi connectivity index (χ0v) is 11.0. The lowest BCUT2D eigenvalue weighted by molar-refractivity contribution is 1.04. The van der Waals surface area contributed by atoms with Crippen molar-refractivity contribution in [1.82, 2.24) is 15.0 Å². The van der Waals surface area contributed by atoms with E-state index in [4.69, 9.17) is 5.73 Å². The number of hydrogen-bond acceptors (Lipinski definition) is 5. The van der Waals surface area contributed by atoms with Gasteiger partial charge in [-0.3, -0.25) is 4.98 Å². The molecule has 0 atom stereocenters. The first-order valence-corrected chi connectivity index (χ1v) is 6.45. The van der Waals surface area contributed by atoms with Crippen LogP contribution in [0.1, 0.15) is 11.1 Å². The predicted molar refractivity (Wildman–Crippen MR) is 79.0 cm³/mol. The standard InChI is InChI=1S/C15H15N5/c16-9-11-2-1-3-12(8-11)10-19-14-5-4-13-15(20-14)18-7-6-17-13/h1-8H,9-10,16H2,(H,18,19,20). The fraction of sp³-hybridized carbons (Fsp3) is 0.133. The van der Waals surface area contributed by atoms with Crippen LogP contribution < -0.4 is 11.1 Å². The van der Waals surface area contributed by atoms with Gasteiger partial charge in [-0.05, 0) is 23.3 Å². The Morgan fingerprint density at radius 2 is 1.85 bits per heavy atom. The van der Waals surface area contributed by atoms with Crippen molar-refractivity contribution in [1.29, 1.82) is 0 Å². The van der Waals surface area contributed by atoms with Crippen molar-refractivity contribution in [2.24, 2.45) is 5.73 Å². The molecule has 3 rings (SSSR count). The summed E-state index contributed by atoms with van der Waals surface area (Å²) >= 11 is 0. The Labute approximate surface area is 116 Å². The topological polar surface area (TPSA) is 76.7 Å². The first kappa shape index (κ1) is 12.5. The average molecular weight is 265 g/mol. The van der Waals surface area contributed by atoms with Crippen LogP contribution in [0.3, 0.4) is 0 Å². The highest BCUT2D eigenvalue weighted by molar-refractivity contribution is 5.71. The molecular weight excluding hydrogens is 250 g/mol. The van der Waals surface area contributed by atoms with Crippen LogP contribution in [0.15, 0.2) is 48.8 Å². The molecule has 1 aromatic carbocycles. The molecule has 2 heterocycles. The summed E-state index contributed by atoms with van der Waals surface area (Å²) in [4.78, 5) is 12.8. The van der Waals surface area contributed by atoms with Gasteiger partial charge >= 0.3 is 0 Å². The van der Waals surface area contributed by atoms with Gasteiger partial charge in [0.2, 0.25) is 0 Å². The van der Waals surface area contributed by atoms with Crippen LogP contribution in [-0.2, 0) is 13.1 Å². The number of nitrogens with zero attached hydrogens (tertiary/aromatic N) is 3. The third kappa shape index (κ3) is 2.73. The van der Waals surface area contributed by atoms with Gasteiger partial charge in [-0.25, -0.2) is 9.97 Å². The number of aromatic nitrogens is 3. The van der Waals surface area contributed by atoms with E-state index in [0.29, 0.717) is 18.7 Å². The average Bonchev–Trinajstić information content (AvgIpc) is 2.53. The second-order valence-corrected chi connectivity index (χ2v) is 4.47. The van der Waals surface area contributed by atoms with Crippen molar-refractivity contribution in [3.8, 4) is 0 Å². The molecule has 100 valence electrons. The molecule has 0 unspecified atom stereocenters. The van der Waals surface area contributed by atoms with E-state index < -0.39 is 0 Å². The summed E-state index contributed by atoms with van der Waals surface area (Å²) in [7, 11) is 0. The van der Waals surface area contributed by atoms with Crippen LogP contribution >= 0.6 is 0 Å². The number of pyridine rings is 1. The zero-order valence-electron chi connectivity index (χ0n) is 11.0. The van der Waals surface area contributed by atoms with Gasteiger partial charge in [-0.2, -0.15) is 0 Å². The Morgan fingerprint density at radius 3 is 2.75 bits per heavy atom. The highest BCUT2D eigenvalue weighted by Crippen LogP contribution is 2.12. The molecule has 0 fully saturated rings. The maximum Gasteiger partial charge on any atom is 0.180 e. The maximum atomic E-state index is 5.64. The number of hydrogen-bond donors (Lipinski definition) is 2. The lowest BCUT2D eigenvalue weighted by Gasteiger charge is -2.07. The van der Waals surface area contributed by atoms with Gasteiger partial charge in [0.25, 0.3) is 0 Å². The van der Waals surface area contributed by atoms with E-state index in [2.05, 4.69) is 32.4 Å². The van der Waals surface area contributed by atoms with Gasteiger partial charge in [0, 0.05) is 25.5 Å². The quantitative estimate of drug-likeness (QED) is 0.755. The Hall–Kier alpha value is -2.53. The van der Waals surface area contributed by atoms with Crippen molar-refractivity contribution >= 4 is 17.0 Å². The van der Waals surface area contributed by atoms with Crippen molar-refractivity contribution in [3.63, 3.8) is 0 Å². The van der Waals surface area contributed by atoms with Crippen LogP contribution in [0.2, 0.25) is 0 Å². The highest BCUT2D eigenvalue weighted by Gasteiger charge is 2.00. The zero-order chi connectivity index (χ0) is 13.8. The van der Waals surface area contributed by atoms with E-state index >= 15 is 0 Å². The smallest absolute Gasteiger partial charge is 0.180 e. The fourth-order valence-electron chi connectivity index (χ4n) is 2.01. The number of nitrogens with one attached hydrogen (secondary N) is 1. The number of anilines is 1. The van der Waals surface area contributed by atoms with Crippen molar-refractivity contribution < 1.29 is 0 Å². The molecule has 5 nitrogen and oxygen atoms in total. The monoisotopic (exact) mass is 265 g/mol. The van der Waals surface area contributed by atoms with E-state index in [-0.39, 0.29) is 0 Å². The Bertz CT molecular complexity index is 726. The third-order valence-electron chi connectivity index (χ3n) is 3.03. The molecule has 0 aliphatic heterocycles. The molecule has 3 aromatic rings. The van der Waals surface area contributed by atoms with Crippen LogP contribution in [0, 0.1) is 0 Å². The summed E-state index contributed by atoms with van der Waals surface area (Å²) in [5.74, 6) is 0.788. The summed E-state index contributed by atoms with van der Waals surface area (Å²) in [6.07, 6.45) is 3.30. The molecule has 0 amide bonds. The van der Waals surface area contributed by atoms with E-state index in [1.165, 1.54) is 5.56 Å². The lowest BCUT2D eigenvalue weighted by Crippen LogP contribution is -2.03. The first-order chi connectivity index (χ1) is 9.85. The Kier molecular flexibility index (Phi) is 3.52. The Morgan fingerprint density at radius 1 is 1.00 bits per heavy atom. The van der Waals surface area contributed by atoms with Gasteiger partial charge in [0.1, 0.15) is 11.3 Å². The predicted octanol–water partition coefficient (Wildman–Crippen LogP) is 2.10. The number of benzene rings is 1. The van der Waals surface area contributed by atoms with Gasteiger partial charge in [-0.1, -0.05) is 24.3 Å². The van der Waals surface area contributed by atoms with Gasteiger partial charge < -0.3 is 11.1 Å². The Balaban J connectivity index is 1.76. The second kappa shape index (κ2) is 5.63. The minimum absolute atomic E-state index is 0.553. The normalized spacial score (nSPS) is 10.7. The molecule has 0 aliphatic rings. The molecule has 0 saturated carbocycles. The molecule has 0 radical (unpaired) electrons. The summed E-state index contributed by atoms with van der Waals surface area (Å²) < 4.78 is 0. The van der Waals surface area contributed by atoms with E-state index in [1.54, 1.807) is 12.4 Å². The maximum absolute atomic E-state index is 5.64. The summed E-state index contributed by atoms with van der Waals surface area (Å²) in [6, 6.07) is 12.0. The summed E-state index contributed by atoms with van der Waals surface area (Å²) in [6.45, 7) is 1.25. The molecule has 2 aromatic heterocycles. The summed E-state index contributed by atoms with van der Waals surface area (Å²) in [5, 5.41) is 3.28. The molecule has 0 bridgehead atoms. The number of rotatable bonds is 4. The highest BCUT2D eigenvalue weighted by atomic mass is 15.0. The number of nitrogens with two attached hydrogens (primary N) is 1. The number of fused-ring (bicyclic) bond motifs is 1. The molecule has 0 saturated heterocycles. The fourth-order valence-corrected chi connectivity index (χ4v) is 2.01. The van der Waals surface area contributed by atoms with Gasteiger partial charge in [0.05, 0.1) is 0 Å². The van der Waals surface area contributed by atoms with E-state index in [9.17, 15) is 0 Å². The van der Waals surface area contributed by atoms with Crippen LogP contribution in [-0.4, -0.2) is 15.0 Å². The van der Waals surface area contributed by atoms with Gasteiger partial charge in [-0.15, -0.1) is 0 Å². The van der Waals surface area contributed by atoms with Crippen LogP contribution in [0.25, 0.3) is 11.2 Å². The lowest BCUT2D eigenvalue weighted by atomic mass is 10.1. The van der Waals surface area contributed by atoms with Crippen molar-refractivity contribution in [3.05, 3.63) is 59.9 Å². The molecule has 20 heavy (non-hydrogen) atoms. The SMILES string of the molecule is NCc1cccc(CNc2ccc3nccnc3n2)c1. The minimum Gasteiger partial charge on any atom is -0.366 e. The first-order valence-electron chi connectivity index (χ1n) is 6.45. The van der Waals surface area contributed by atoms with Crippen LogP contribution in [0.5, 0.6) is 0 Å². The molecular formula is C15H15N5. The van der Waals surface area contributed by atoms with E-state index in [0.717, 1.165) is 16.9 Å². The largest absolute Gasteiger partial charge is 0.366 e. The van der Waals surface area contributed by atoms with Crippen molar-refractivity contribution in [2.75, 3.05) is 5.32 Å². The van der Waals surface area contributed by atoms with Crippen LogP contribution in [0.4, 0.5) is 5.82 Å². The molecule has 0 spiro atoms.